The molecule has 19 heavy (non-hydrogen) atoms. The van der Waals surface area contributed by atoms with Crippen LogP contribution < -0.4 is 5.32 Å². The first kappa shape index (κ1) is 16.0. The number of methoxy groups -OCH3 is 1. The van der Waals surface area contributed by atoms with Crippen molar-refractivity contribution in [2.75, 3.05) is 12.9 Å². The molecule has 0 radical (unpaired) electrons. The molecule has 0 aromatic carbocycles. The van der Waals surface area contributed by atoms with Crippen LogP contribution in [-0.4, -0.2) is 40.2 Å². The van der Waals surface area contributed by atoms with Crippen molar-refractivity contribution < 1.29 is 9.53 Å². The number of ether oxygens (including phenoxy) is 1. The number of aryl methyl sites for hydroxylation is 1. The van der Waals surface area contributed by atoms with Crippen LogP contribution in [0.2, 0.25) is 0 Å². The van der Waals surface area contributed by atoms with Crippen LogP contribution in [0, 0.1) is 0 Å². The van der Waals surface area contributed by atoms with E-state index in [1.54, 1.807) is 16.4 Å². The Bertz CT molecular complexity index is 420. The van der Waals surface area contributed by atoms with Gasteiger partial charge >= 0.3 is 5.97 Å². The molecule has 0 aliphatic heterocycles. The predicted octanol–water partition coefficient (Wildman–Crippen LogP) is 1.83. The summed E-state index contributed by atoms with van der Waals surface area (Å²) in [6, 6.07) is 0.229. The highest BCUT2D eigenvalue weighted by Crippen LogP contribution is 2.22. The minimum Gasteiger partial charge on any atom is -0.468 e. The van der Waals surface area contributed by atoms with Gasteiger partial charge in [0, 0.05) is 29.9 Å². The average Bonchev–Trinajstić information content (AvgIpc) is 2.73. The normalized spacial score (nSPS) is 14.4. The summed E-state index contributed by atoms with van der Waals surface area (Å²) in [7, 11) is 3.32. The molecule has 1 unspecified atom stereocenters. The molecule has 1 atom stereocenters. The standard InChI is InChI=1S/C13H23N3O2S/c1-10(2)15-13(3,12(17)18-5)6-7-19-11-8-14-16(4)9-11/h8-10,15H,6-7H2,1-5H3. The lowest BCUT2D eigenvalue weighted by molar-refractivity contribution is -0.148. The monoisotopic (exact) mass is 285 g/mol. The lowest BCUT2D eigenvalue weighted by Crippen LogP contribution is -2.53. The van der Waals surface area contributed by atoms with Crippen molar-refractivity contribution in [2.24, 2.45) is 7.05 Å². The molecule has 0 amide bonds. The molecule has 6 heteroatoms. The Morgan fingerprint density at radius 2 is 2.32 bits per heavy atom. The molecule has 0 aliphatic carbocycles. The minimum absolute atomic E-state index is 0.215. The van der Waals surface area contributed by atoms with Crippen LogP contribution in [0.25, 0.3) is 0 Å². The lowest BCUT2D eigenvalue weighted by Gasteiger charge is -2.30. The summed E-state index contributed by atoms with van der Waals surface area (Å²) in [5, 5.41) is 7.41. The molecule has 0 spiro atoms. The zero-order chi connectivity index (χ0) is 14.5. The van der Waals surface area contributed by atoms with E-state index in [9.17, 15) is 4.79 Å². The summed E-state index contributed by atoms with van der Waals surface area (Å²) in [4.78, 5) is 13.0. The second kappa shape index (κ2) is 6.96. The fraction of sp³-hybridized carbons (Fsp3) is 0.692. The summed E-state index contributed by atoms with van der Waals surface area (Å²) in [6.07, 6.45) is 4.50. The van der Waals surface area contributed by atoms with Gasteiger partial charge in [0.1, 0.15) is 5.54 Å². The minimum atomic E-state index is -0.641. The molecular formula is C13H23N3O2S. The van der Waals surface area contributed by atoms with E-state index in [0.717, 1.165) is 10.6 Å². The van der Waals surface area contributed by atoms with Gasteiger partial charge in [-0.25, -0.2) is 0 Å². The maximum atomic E-state index is 11.9. The first-order valence-electron chi connectivity index (χ1n) is 6.35. The van der Waals surface area contributed by atoms with Crippen LogP contribution in [0.4, 0.5) is 0 Å². The summed E-state index contributed by atoms with van der Waals surface area (Å²) in [6.45, 7) is 5.94. The second-order valence-electron chi connectivity index (χ2n) is 5.07. The van der Waals surface area contributed by atoms with Crippen molar-refractivity contribution in [3.8, 4) is 0 Å². The Hall–Kier alpha value is -1.01. The van der Waals surface area contributed by atoms with Crippen LogP contribution in [-0.2, 0) is 16.6 Å². The summed E-state index contributed by atoms with van der Waals surface area (Å²) in [5.74, 6) is 0.616. The molecule has 1 rings (SSSR count). The van der Waals surface area contributed by atoms with Gasteiger partial charge in [-0.15, -0.1) is 11.8 Å². The number of hydrogen-bond donors (Lipinski definition) is 1. The van der Waals surface area contributed by atoms with E-state index in [4.69, 9.17) is 4.74 Å². The fourth-order valence-corrected chi connectivity index (χ4v) is 3.04. The van der Waals surface area contributed by atoms with Crippen molar-refractivity contribution in [1.29, 1.82) is 0 Å². The summed E-state index contributed by atoms with van der Waals surface area (Å²) in [5.41, 5.74) is -0.641. The number of nitrogens with one attached hydrogen (secondary N) is 1. The number of rotatable bonds is 7. The molecule has 1 heterocycles. The summed E-state index contributed by atoms with van der Waals surface area (Å²) < 4.78 is 6.67. The Kier molecular flexibility index (Phi) is 5.87. The Morgan fingerprint density at radius 3 is 2.79 bits per heavy atom. The van der Waals surface area contributed by atoms with E-state index < -0.39 is 5.54 Å². The highest BCUT2D eigenvalue weighted by Gasteiger charge is 2.34. The topological polar surface area (TPSA) is 56.1 Å². The van der Waals surface area contributed by atoms with Gasteiger partial charge in [0.2, 0.25) is 0 Å². The molecule has 0 saturated carbocycles. The van der Waals surface area contributed by atoms with Gasteiger partial charge in [-0.05, 0) is 27.2 Å². The molecule has 108 valence electrons. The van der Waals surface area contributed by atoms with Gasteiger partial charge in [0.25, 0.3) is 0 Å². The number of thioether (sulfide) groups is 1. The molecule has 5 nitrogen and oxygen atoms in total. The number of hydrogen-bond acceptors (Lipinski definition) is 5. The fourth-order valence-electron chi connectivity index (χ4n) is 1.94. The number of aromatic nitrogens is 2. The van der Waals surface area contributed by atoms with Crippen LogP contribution >= 0.6 is 11.8 Å². The third kappa shape index (κ3) is 4.87. The lowest BCUT2D eigenvalue weighted by atomic mass is 9.98. The van der Waals surface area contributed by atoms with Crippen molar-refractivity contribution in [2.45, 2.75) is 43.7 Å². The zero-order valence-corrected chi connectivity index (χ0v) is 13.1. The van der Waals surface area contributed by atoms with E-state index in [-0.39, 0.29) is 12.0 Å². The Morgan fingerprint density at radius 1 is 1.63 bits per heavy atom. The number of carbonyl (C=O) groups excluding carboxylic acids is 1. The third-order valence-corrected chi connectivity index (χ3v) is 3.75. The maximum Gasteiger partial charge on any atom is 0.325 e. The number of esters is 1. The van der Waals surface area contributed by atoms with Crippen molar-refractivity contribution >= 4 is 17.7 Å². The quantitative estimate of drug-likeness (QED) is 0.612. The van der Waals surface area contributed by atoms with E-state index in [0.29, 0.717) is 6.42 Å². The second-order valence-corrected chi connectivity index (χ2v) is 6.24. The van der Waals surface area contributed by atoms with Crippen molar-refractivity contribution in [3.63, 3.8) is 0 Å². The Labute approximate surface area is 119 Å². The van der Waals surface area contributed by atoms with Crippen molar-refractivity contribution in [3.05, 3.63) is 12.4 Å². The summed E-state index contributed by atoms with van der Waals surface area (Å²) >= 11 is 1.69. The van der Waals surface area contributed by atoms with Gasteiger partial charge in [-0.1, -0.05) is 0 Å². The van der Waals surface area contributed by atoms with Gasteiger partial charge in [-0.3, -0.25) is 14.8 Å². The van der Waals surface area contributed by atoms with Crippen molar-refractivity contribution in [1.82, 2.24) is 15.1 Å². The van der Waals surface area contributed by atoms with E-state index in [1.807, 2.05) is 40.2 Å². The molecule has 0 fully saturated rings. The maximum absolute atomic E-state index is 11.9. The van der Waals surface area contributed by atoms with Gasteiger partial charge in [0.15, 0.2) is 0 Å². The van der Waals surface area contributed by atoms with Crippen LogP contribution in [0.3, 0.4) is 0 Å². The molecule has 1 aromatic rings. The van der Waals surface area contributed by atoms with E-state index in [2.05, 4.69) is 10.4 Å². The third-order valence-electron chi connectivity index (χ3n) is 2.80. The largest absolute Gasteiger partial charge is 0.468 e. The SMILES string of the molecule is COC(=O)C(C)(CCSc1cnn(C)c1)NC(C)C. The predicted molar refractivity (Wildman–Crippen MR) is 77.2 cm³/mol. The van der Waals surface area contributed by atoms with Crippen LogP contribution in [0.5, 0.6) is 0 Å². The zero-order valence-electron chi connectivity index (χ0n) is 12.3. The van der Waals surface area contributed by atoms with Crippen LogP contribution in [0.15, 0.2) is 17.3 Å². The van der Waals surface area contributed by atoms with Gasteiger partial charge < -0.3 is 4.74 Å². The highest BCUT2D eigenvalue weighted by atomic mass is 32.2. The number of nitrogens with zero attached hydrogens (tertiary/aromatic N) is 2. The van der Waals surface area contributed by atoms with Gasteiger partial charge in [0.05, 0.1) is 13.3 Å². The average molecular weight is 285 g/mol. The molecule has 0 bridgehead atoms. The highest BCUT2D eigenvalue weighted by molar-refractivity contribution is 7.99. The molecule has 0 aliphatic rings. The number of carbonyl (C=O) groups is 1. The van der Waals surface area contributed by atoms with E-state index >= 15 is 0 Å². The van der Waals surface area contributed by atoms with E-state index in [1.165, 1.54) is 7.11 Å². The molecule has 0 saturated heterocycles. The molecule has 1 N–H and O–H groups in total. The van der Waals surface area contributed by atoms with Crippen LogP contribution in [0.1, 0.15) is 27.2 Å². The molecule has 1 aromatic heterocycles. The molecular weight excluding hydrogens is 262 g/mol. The van der Waals surface area contributed by atoms with Gasteiger partial charge in [-0.2, -0.15) is 5.10 Å². The Balaban J connectivity index is 2.55. The first-order valence-corrected chi connectivity index (χ1v) is 7.33. The smallest absolute Gasteiger partial charge is 0.325 e. The first-order chi connectivity index (χ1) is 8.87.